The van der Waals surface area contributed by atoms with Crippen LogP contribution in [0.5, 0.6) is 0 Å². The second-order valence-electron chi connectivity index (χ2n) is 5.39. The summed E-state index contributed by atoms with van der Waals surface area (Å²) in [5.74, 6) is -1.30. The summed E-state index contributed by atoms with van der Waals surface area (Å²) in [6.45, 7) is 0.0307. The molecule has 26 heavy (non-hydrogen) atoms. The van der Waals surface area contributed by atoms with Crippen molar-refractivity contribution in [2.45, 2.75) is 25.5 Å². The summed E-state index contributed by atoms with van der Waals surface area (Å²) in [7, 11) is 0. The van der Waals surface area contributed by atoms with E-state index in [1.54, 1.807) is 12.1 Å². The van der Waals surface area contributed by atoms with Gasteiger partial charge in [-0.25, -0.2) is 4.79 Å². The van der Waals surface area contributed by atoms with E-state index in [1.807, 2.05) is 18.2 Å². The fourth-order valence-corrected chi connectivity index (χ4v) is 1.98. The molecule has 0 heterocycles. The van der Waals surface area contributed by atoms with Gasteiger partial charge in [-0.05, 0) is 18.4 Å². The molecule has 1 rings (SSSR count). The predicted molar refractivity (Wildman–Crippen MR) is 95.7 cm³/mol. The van der Waals surface area contributed by atoms with Crippen LogP contribution < -0.4 is 27.8 Å². The molecule has 142 valence electrons. The number of carbonyl (C=O) groups excluding carboxylic acids is 3. The molecule has 0 unspecified atom stereocenters. The van der Waals surface area contributed by atoms with E-state index < -0.39 is 23.9 Å². The fourth-order valence-electron chi connectivity index (χ4n) is 1.98. The highest BCUT2D eigenvalue weighted by Crippen LogP contribution is 2.03. The number of hydrogen-bond donors (Lipinski definition) is 5. The Kier molecular flexibility index (Phi) is 9.01. The van der Waals surface area contributed by atoms with Crippen molar-refractivity contribution in [3.63, 3.8) is 0 Å². The van der Waals surface area contributed by atoms with Crippen LogP contribution in [0.2, 0.25) is 0 Å². The van der Waals surface area contributed by atoms with Gasteiger partial charge in [0.1, 0.15) is 12.6 Å². The lowest BCUT2D eigenvalue weighted by Gasteiger charge is -2.17. The number of benzene rings is 1. The van der Waals surface area contributed by atoms with Crippen LogP contribution in [0.3, 0.4) is 0 Å². The van der Waals surface area contributed by atoms with Gasteiger partial charge >= 0.3 is 6.09 Å². The summed E-state index contributed by atoms with van der Waals surface area (Å²) in [5, 5.41) is 4.80. The summed E-state index contributed by atoms with van der Waals surface area (Å²) >= 11 is 0. The van der Waals surface area contributed by atoms with E-state index in [1.165, 1.54) is 0 Å². The number of nitrogens with one attached hydrogen (secondary N) is 2. The van der Waals surface area contributed by atoms with Crippen molar-refractivity contribution in [2.24, 2.45) is 22.2 Å². The number of guanidine groups is 1. The molecule has 0 aliphatic rings. The van der Waals surface area contributed by atoms with E-state index in [0.29, 0.717) is 13.0 Å². The molecule has 1 aromatic carbocycles. The SMILES string of the molecule is NC(=O)CNC(=O)[C@H](CCCN=C(N)N)NC(=O)OCc1ccccc1. The van der Waals surface area contributed by atoms with Crippen molar-refractivity contribution < 1.29 is 19.1 Å². The summed E-state index contributed by atoms with van der Waals surface area (Å²) in [4.78, 5) is 38.6. The largest absolute Gasteiger partial charge is 0.445 e. The van der Waals surface area contributed by atoms with Crippen molar-refractivity contribution in [1.82, 2.24) is 10.6 Å². The Morgan fingerprint density at radius 3 is 2.42 bits per heavy atom. The van der Waals surface area contributed by atoms with E-state index in [0.717, 1.165) is 5.56 Å². The Morgan fingerprint density at radius 1 is 1.12 bits per heavy atom. The third-order valence-corrected chi connectivity index (χ3v) is 3.20. The number of amides is 3. The van der Waals surface area contributed by atoms with Crippen LogP contribution in [-0.4, -0.2) is 43.0 Å². The maximum atomic E-state index is 12.1. The lowest BCUT2D eigenvalue weighted by molar-refractivity contribution is -0.126. The van der Waals surface area contributed by atoms with Crippen LogP contribution in [0, 0.1) is 0 Å². The second kappa shape index (κ2) is 11.3. The van der Waals surface area contributed by atoms with E-state index in [2.05, 4.69) is 15.6 Å². The molecule has 0 radical (unpaired) electrons. The minimum Gasteiger partial charge on any atom is -0.445 e. The number of aliphatic imine (C=N–C) groups is 1. The van der Waals surface area contributed by atoms with Crippen molar-refractivity contribution in [3.05, 3.63) is 35.9 Å². The van der Waals surface area contributed by atoms with Crippen LogP contribution in [0.4, 0.5) is 4.79 Å². The Bertz CT molecular complexity index is 631. The molecule has 10 nitrogen and oxygen atoms in total. The van der Waals surface area contributed by atoms with Gasteiger partial charge in [-0.1, -0.05) is 30.3 Å². The van der Waals surface area contributed by atoms with Gasteiger partial charge in [0.05, 0.1) is 6.54 Å². The molecule has 0 saturated carbocycles. The minimum absolute atomic E-state index is 0.0602. The smallest absolute Gasteiger partial charge is 0.408 e. The van der Waals surface area contributed by atoms with E-state index in [9.17, 15) is 14.4 Å². The third kappa shape index (κ3) is 9.11. The number of primary amides is 1. The zero-order valence-electron chi connectivity index (χ0n) is 14.3. The molecule has 0 aliphatic heterocycles. The number of alkyl carbamates (subject to hydrolysis) is 1. The average Bonchev–Trinajstić information content (AvgIpc) is 2.61. The zero-order chi connectivity index (χ0) is 19.4. The maximum Gasteiger partial charge on any atom is 0.408 e. The molecule has 0 bridgehead atoms. The van der Waals surface area contributed by atoms with E-state index in [4.69, 9.17) is 21.9 Å². The van der Waals surface area contributed by atoms with Gasteiger partial charge in [0.2, 0.25) is 11.8 Å². The molecule has 0 fully saturated rings. The molecule has 0 saturated heterocycles. The monoisotopic (exact) mass is 364 g/mol. The Hall–Kier alpha value is -3.30. The predicted octanol–water partition coefficient (Wildman–Crippen LogP) is -1.06. The number of hydrogen-bond acceptors (Lipinski definition) is 5. The first-order chi connectivity index (χ1) is 12.4. The highest BCUT2D eigenvalue weighted by molar-refractivity contribution is 5.88. The van der Waals surface area contributed by atoms with Gasteiger partial charge in [-0.15, -0.1) is 0 Å². The summed E-state index contributed by atoms with van der Waals surface area (Å²) in [6.07, 6.45) is -0.0669. The fraction of sp³-hybridized carbons (Fsp3) is 0.375. The van der Waals surface area contributed by atoms with Gasteiger partial charge in [-0.2, -0.15) is 0 Å². The van der Waals surface area contributed by atoms with Gasteiger partial charge in [0.15, 0.2) is 5.96 Å². The molecule has 0 aromatic heterocycles. The van der Waals surface area contributed by atoms with E-state index in [-0.39, 0.29) is 25.5 Å². The molecule has 0 spiro atoms. The molecular formula is C16H24N6O4. The van der Waals surface area contributed by atoms with Gasteiger partial charge in [0, 0.05) is 6.54 Å². The molecule has 1 atom stereocenters. The summed E-state index contributed by atoms with van der Waals surface area (Å²) in [5.41, 5.74) is 16.3. The Morgan fingerprint density at radius 2 is 1.81 bits per heavy atom. The molecule has 10 heteroatoms. The van der Waals surface area contributed by atoms with Crippen molar-refractivity contribution in [2.75, 3.05) is 13.1 Å². The number of ether oxygens (including phenoxy) is 1. The van der Waals surface area contributed by atoms with Gasteiger partial charge in [-0.3, -0.25) is 14.6 Å². The first-order valence-corrected chi connectivity index (χ1v) is 7.97. The standard InChI is InChI=1S/C16H24N6O4/c17-13(23)9-21-14(24)12(7-4-8-20-15(18)19)22-16(25)26-10-11-5-2-1-3-6-11/h1-3,5-6,12H,4,7-10H2,(H2,17,23)(H,21,24)(H,22,25)(H4,18,19,20)/t12-/m0/s1. The second-order valence-corrected chi connectivity index (χ2v) is 5.39. The first kappa shape index (κ1) is 20.7. The van der Waals surface area contributed by atoms with Crippen molar-refractivity contribution in [3.8, 4) is 0 Å². The minimum atomic E-state index is -0.910. The molecule has 1 aromatic rings. The quantitative estimate of drug-likeness (QED) is 0.201. The maximum absolute atomic E-state index is 12.1. The average molecular weight is 364 g/mol. The van der Waals surface area contributed by atoms with Crippen LogP contribution in [0.25, 0.3) is 0 Å². The number of carbonyl (C=O) groups is 3. The lowest BCUT2D eigenvalue weighted by atomic mass is 10.1. The van der Waals surface area contributed by atoms with Crippen LogP contribution >= 0.6 is 0 Å². The Balaban J connectivity index is 2.55. The van der Waals surface area contributed by atoms with E-state index >= 15 is 0 Å². The number of rotatable bonds is 10. The van der Waals surface area contributed by atoms with Crippen molar-refractivity contribution >= 4 is 23.9 Å². The third-order valence-electron chi connectivity index (χ3n) is 3.20. The zero-order valence-corrected chi connectivity index (χ0v) is 14.3. The highest BCUT2D eigenvalue weighted by Gasteiger charge is 2.21. The van der Waals surface area contributed by atoms with Crippen molar-refractivity contribution in [1.29, 1.82) is 0 Å². The lowest BCUT2D eigenvalue weighted by Crippen LogP contribution is -2.48. The van der Waals surface area contributed by atoms with Crippen LogP contribution in [0.1, 0.15) is 18.4 Å². The normalized spacial score (nSPS) is 11.1. The topological polar surface area (TPSA) is 175 Å². The van der Waals surface area contributed by atoms with Crippen LogP contribution in [0.15, 0.2) is 35.3 Å². The van der Waals surface area contributed by atoms with Gasteiger partial charge < -0.3 is 32.6 Å². The molecule has 3 amide bonds. The summed E-state index contributed by atoms with van der Waals surface area (Å²) < 4.78 is 5.09. The van der Waals surface area contributed by atoms with Crippen LogP contribution in [-0.2, 0) is 20.9 Å². The molecule has 8 N–H and O–H groups in total. The first-order valence-electron chi connectivity index (χ1n) is 7.97. The molecule has 0 aliphatic carbocycles. The highest BCUT2D eigenvalue weighted by atomic mass is 16.5. The number of nitrogens with two attached hydrogens (primary N) is 3. The number of nitrogens with zero attached hydrogens (tertiary/aromatic N) is 1. The summed E-state index contributed by atoms with van der Waals surface area (Å²) in [6, 6.07) is 8.19. The molecular weight excluding hydrogens is 340 g/mol. The Labute approximate surface area is 151 Å². The van der Waals surface area contributed by atoms with Gasteiger partial charge in [0.25, 0.3) is 0 Å².